The van der Waals surface area contributed by atoms with E-state index < -0.39 is 22.9 Å². The summed E-state index contributed by atoms with van der Waals surface area (Å²) in [5.74, 6) is -1.69. The summed E-state index contributed by atoms with van der Waals surface area (Å²) < 4.78 is 27.5. The van der Waals surface area contributed by atoms with Crippen LogP contribution in [0.15, 0.2) is 82.9 Å². The zero-order valence-corrected chi connectivity index (χ0v) is 20.1. The number of halogens is 2. The zero-order chi connectivity index (χ0) is 25.2. The van der Waals surface area contributed by atoms with Gasteiger partial charge < -0.3 is 5.32 Å². The maximum absolute atomic E-state index is 14.0. The molecule has 0 radical (unpaired) electrons. The first-order valence-corrected chi connectivity index (χ1v) is 12.3. The number of nitrogens with one attached hydrogen (secondary N) is 1. The minimum atomic E-state index is -0.736. The minimum absolute atomic E-state index is 0.125. The van der Waals surface area contributed by atoms with E-state index >= 15 is 0 Å². The predicted molar refractivity (Wildman–Crippen MR) is 137 cm³/mol. The van der Waals surface area contributed by atoms with Gasteiger partial charge in [-0.25, -0.2) is 13.8 Å². The first-order chi connectivity index (χ1) is 17.4. The third kappa shape index (κ3) is 5.21. The van der Waals surface area contributed by atoms with E-state index in [0.717, 1.165) is 28.6 Å². The Morgan fingerprint density at radius 1 is 1.06 bits per heavy atom. The number of nitrogens with zero attached hydrogens (tertiary/aromatic N) is 3. The fourth-order valence-corrected chi connectivity index (χ4v) is 5.19. The summed E-state index contributed by atoms with van der Waals surface area (Å²) in [4.78, 5) is 29.4. The van der Waals surface area contributed by atoms with E-state index in [0.29, 0.717) is 22.8 Å². The van der Waals surface area contributed by atoms with Crippen molar-refractivity contribution in [2.24, 2.45) is 10.1 Å². The summed E-state index contributed by atoms with van der Waals surface area (Å²) in [6, 6.07) is 19.4. The molecule has 0 saturated heterocycles. The van der Waals surface area contributed by atoms with Gasteiger partial charge in [0.25, 0.3) is 5.91 Å². The van der Waals surface area contributed by atoms with Crippen molar-refractivity contribution in [3.63, 3.8) is 0 Å². The normalized spacial score (nSPS) is 19.3. The number of carbonyl (C=O) groups is 2. The molecule has 0 spiro atoms. The van der Waals surface area contributed by atoms with Crippen molar-refractivity contribution in [1.82, 2.24) is 5.01 Å². The Balaban J connectivity index is 1.36. The smallest absolute Gasteiger partial charge is 0.262 e. The molecule has 5 rings (SSSR count). The number of amides is 2. The lowest BCUT2D eigenvalue weighted by atomic mass is 9.98. The van der Waals surface area contributed by atoms with Gasteiger partial charge in [0, 0.05) is 18.5 Å². The molecule has 2 aliphatic rings. The van der Waals surface area contributed by atoms with Gasteiger partial charge in [-0.3, -0.25) is 9.59 Å². The molecule has 0 aliphatic carbocycles. The lowest BCUT2D eigenvalue weighted by molar-refractivity contribution is -0.121. The molecule has 0 saturated carbocycles. The molecule has 3 aromatic carbocycles. The highest BCUT2D eigenvalue weighted by Gasteiger charge is 2.39. The number of rotatable bonds is 5. The molecule has 0 fully saturated rings. The fourth-order valence-electron chi connectivity index (χ4n) is 4.13. The van der Waals surface area contributed by atoms with E-state index in [9.17, 15) is 18.4 Å². The molecule has 0 aromatic heterocycles. The Bertz CT molecular complexity index is 1390. The zero-order valence-electron chi connectivity index (χ0n) is 19.3. The number of aliphatic imine (C=N–C) groups is 1. The molecule has 2 aliphatic heterocycles. The van der Waals surface area contributed by atoms with Crippen LogP contribution in [0.3, 0.4) is 0 Å². The summed E-state index contributed by atoms with van der Waals surface area (Å²) in [6.45, 7) is 2.00. The van der Waals surface area contributed by atoms with Crippen LogP contribution in [0, 0.1) is 18.6 Å². The number of hydrogen-bond donors (Lipinski definition) is 1. The van der Waals surface area contributed by atoms with Gasteiger partial charge in [0.2, 0.25) is 5.91 Å². The molecular formula is C27H22F2N4O2S. The van der Waals surface area contributed by atoms with Gasteiger partial charge in [-0.05, 0) is 48.4 Å². The summed E-state index contributed by atoms with van der Waals surface area (Å²) in [6.07, 6.45) is 0.380. The number of benzene rings is 3. The second-order valence-electron chi connectivity index (χ2n) is 8.63. The second-order valence-corrected chi connectivity index (χ2v) is 9.80. The van der Waals surface area contributed by atoms with Gasteiger partial charge in [0.1, 0.15) is 16.9 Å². The summed E-state index contributed by atoms with van der Waals surface area (Å²) in [5.41, 5.74) is 3.88. The Labute approximate surface area is 211 Å². The third-order valence-electron chi connectivity index (χ3n) is 5.93. The van der Waals surface area contributed by atoms with Gasteiger partial charge in [-0.2, -0.15) is 10.1 Å². The van der Waals surface area contributed by atoms with Crippen molar-refractivity contribution in [1.29, 1.82) is 0 Å². The maximum atomic E-state index is 14.0. The lowest BCUT2D eigenvalue weighted by Gasteiger charge is -2.23. The minimum Gasteiger partial charge on any atom is -0.326 e. The highest BCUT2D eigenvalue weighted by Crippen LogP contribution is 2.38. The number of hydrazone groups is 1. The number of anilines is 1. The molecule has 0 bridgehead atoms. The van der Waals surface area contributed by atoms with E-state index in [-0.39, 0.29) is 18.3 Å². The largest absolute Gasteiger partial charge is 0.326 e. The Morgan fingerprint density at radius 2 is 1.78 bits per heavy atom. The van der Waals surface area contributed by atoms with Crippen molar-refractivity contribution in [3.8, 4) is 0 Å². The van der Waals surface area contributed by atoms with Gasteiger partial charge >= 0.3 is 0 Å². The van der Waals surface area contributed by atoms with Crippen molar-refractivity contribution in [2.45, 2.75) is 31.1 Å². The van der Waals surface area contributed by atoms with E-state index in [1.54, 1.807) is 17.1 Å². The number of aryl methyl sites for hydroxylation is 1. The molecule has 2 amide bonds. The monoisotopic (exact) mass is 504 g/mol. The van der Waals surface area contributed by atoms with Gasteiger partial charge in [0.15, 0.2) is 5.17 Å². The van der Waals surface area contributed by atoms with Crippen LogP contribution < -0.4 is 5.32 Å². The van der Waals surface area contributed by atoms with Crippen LogP contribution >= 0.6 is 11.8 Å². The molecule has 3 aromatic rings. The quantitative estimate of drug-likeness (QED) is 0.501. The van der Waals surface area contributed by atoms with Gasteiger partial charge in [0.05, 0.1) is 11.8 Å². The molecule has 182 valence electrons. The molecule has 2 heterocycles. The van der Waals surface area contributed by atoms with Crippen molar-refractivity contribution >= 4 is 40.1 Å². The number of carbonyl (C=O) groups excluding carboxylic acids is 2. The molecule has 0 unspecified atom stereocenters. The van der Waals surface area contributed by atoms with Crippen molar-refractivity contribution in [2.75, 3.05) is 5.32 Å². The molecule has 9 heteroatoms. The summed E-state index contributed by atoms with van der Waals surface area (Å²) in [5, 5.41) is 8.65. The predicted octanol–water partition coefficient (Wildman–Crippen LogP) is 5.45. The Kier molecular flexibility index (Phi) is 6.65. The van der Waals surface area contributed by atoms with Gasteiger partial charge in [-0.15, -0.1) is 0 Å². The van der Waals surface area contributed by atoms with E-state index in [2.05, 4.69) is 10.3 Å². The Hall–Kier alpha value is -3.85. The van der Waals surface area contributed by atoms with Crippen LogP contribution in [-0.2, 0) is 9.59 Å². The molecule has 6 nitrogen and oxygen atoms in total. The van der Waals surface area contributed by atoms with E-state index in [1.165, 1.54) is 30.3 Å². The SMILES string of the molecule is Cc1ccc(C2=NN(C3=NC(=O)[C@H](CC(=O)Nc4cccc(F)c4)S3)[C@@H](c3cccc(F)c3)C2)cc1. The van der Waals surface area contributed by atoms with Crippen LogP contribution in [-0.4, -0.2) is 33.0 Å². The average molecular weight is 505 g/mol. The first kappa shape index (κ1) is 23.9. The molecule has 36 heavy (non-hydrogen) atoms. The standard InChI is InChI=1S/C27H22F2N4O2S/c1-16-8-10-17(11-9-16)22-14-23(18-4-2-5-19(28)12-18)33(32-22)27-31-26(35)24(36-27)15-25(34)30-21-7-3-6-20(29)13-21/h2-13,23-24H,14-15H2,1H3,(H,30,34)/t23-,24+/m1/s1. The molecular weight excluding hydrogens is 482 g/mol. The van der Waals surface area contributed by atoms with E-state index in [4.69, 9.17) is 5.10 Å². The number of hydrogen-bond acceptors (Lipinski definition) is 5. The maximum Gasteiger partial charge on any atom is 0.262 e. The van der Waals surface area contributed by atoms with Crippen LogP contribution in [0.5, 0.6) is 0 Å². The van der Waals surface area contributed by atoms with Crippen LogP contribution in [0.4, 0.5) is 14.5 Å². The number of amidine groups is 1. The van der Waals surface area contributed by atoms with Gasteiger partial charge in [-0.1, -0.05) is 59.8 Å². The fraction of sp³-hybridized carbons (Fsp3) is 0.185. The van der Waals surface area contributed by atoms with Crippen molar-refractivity contribution < 1.29 is 18.4 Å². The van der Waals surface area contributed by atoms with Crippen LogP contribution in [0.1, 0.15) is 35.6 Å². The summed E-state index contributed by atoms with van der Waals surface area (Å²) >= 11 is 1.15. The third-order valence-corrected chi connectivity index (χ3v) is 7.07. The first-order valence-electron chi connectivity index (χ1n) is 11.4. The lowest BCUT2D eigenvalue weighted by Crippen LogP contribution is -2.25. The second kappa shape index (κ2) is 10.0. The van der Waals surface area contributed by atoms with Crippen molar-refractivity contribution in [3.05, 3.63) is 101 Å². The Morgan fingerprint density at radius 3 is 2.50 bits per heavy atom. The molecule has 2 atom stereocenters. The topological polar surface area (TPSA) is 74.1 Å². The average Bonchev–Trinajstić information content (AvgIpc) is 3.44. The number of thioether (sulfide) groups is 1. The highest BCUT2D eigenvalue weighted by molar-refractivity contribution is 8.15. The highest BCUT2D eigenvalue weighted by atomic mass is 32.2. The van der Waals surface area contributed by atoms with Crippen LogP contribution in [0.25, 0.3) is 0 Å². The summed E-state index contributed by atoms with van der Waals surface area (Å²) in [7, 11) is 0. The molecule has 1 N–H and O–H groups in total. The van der Waals surface area contributed by atoms with Crippen LogP contribution in [0.2, 0.25) is 0 Å². The van der Waals surface area contributed by atoms with E-state index in [1.807, 2.05) is 37.3 Å².